The Bertz CT molecular complexity index is 828. The number of ether oxygens (including phenoxy) is 2. The Morgan fingerprint density at radius 2 is 1.83 bits per heavy atom. The van der Waals surface area contributed by atoms with Crippen molar-refractivity contribution in [2.24, 2.45) is 0 Å². The summed E-state index contributed by atoms with van der Waals surface area (Å²) in [5, 5.41) is 3.24. The molecule has 0 spiro atoms. The molecule has 0 amide bonds. The van der Waals surface area contributed by atoms with Crippen molar-refractivity contribution < 1.29 is 9.47 Å². The van der Waals surface area contributed by atoms with Gasteiger partial charge < -0.3 is 14.8 Å². The smallest absolute Gasteiger partial charge is 0.178 e. The van der Waals surface area contributed by atoms with Gasteiger partial charge in [0.05, 0.1) is 6.54 Å². The maximum atomic E-state index is 5.91. The molecule has 0 bridgehead atoms. The molecule has 1 unspecified atom stereocenters. The van der Waals surface area contributed by atoms with Crippen LogP contribution in [-0.2, 0) is 0 Å². The van der Waals surface area contributed by atoms with E-state index >= 15 is 0 Å². The summed E-state index contributed by atoms with van der Waals surface area (Å²) in [6, 6.07) is 11.2. The predicted octanol–water partition coefficient (Wildman–Crippen LogP) is 2.19. The average Bonchev–Trinajstić information content (AvgIpc) is 2.67. The summed E-state index contributed by atoms with van der Waals surface area (Å²) in [6.07, 6.45) is 4.76. The van der Waals surface area contributed by atoms with Gasteiger partial charge in [-0.05, 0) is 18.2 Å². The zero-order valence-electron chi connectivity index (χ0n) is 12.8. The normalized spacial score (nSPS) is 15.8. The highest BCUT2D eigenvalue weighted by atomic mass is 16.6. The van der Waals surface area contributed by atoms with Gasteiger partial charge in [0, 0.05) is 18.5 Å². The summed E-state index contributed by atoms with van der Waals surface area (Å²) in [7, 11) is 0. The molecule has 1 N–H and O–H groups in total. The highest BCUT2D eigenvalue weighted by molar-refractivity contribution is 5.54. The highest BCUT2D eigenvalue weighted by Gasteiger charge is 2.20. The fraction of sp³-hybridized carbons (Fsp3) is 0.176. The van der Waals surface area contributed by atoms with E-state index in [0.29, 0.717) is 30.5 Å². The van der Waals surface area contributed by atoms with Crippen molar-refractivity contribution in [1.29, 1.82) is 0 Å². The van der Waals surface area contributed by atoms with Crippen LogP contribution in [0.15, 0.2) is 55.1 Å². The number of hydrogen-bond acceptors (Lipinski definition) is 7. The zero-order chi connectivity index (χ0) is 16.2. The average molecular weight is 321 g/mol. The molecule has 24 heavy (non-hydrogen) atoms. The van der Waals surface area contributed by atoms with Crippen LogP contribution < -0.4 is 14.8 Å². The van der Waals surface area contributed by atoms with E-state index < -0.39 is 0 Å². The second kappa shape index (κ2) is 6.49. The van der Waals surface area contributed by atoms with Crippen LogP contribution in [0.4, 0.5) is 5.82 Å². The first-order chi connectivity index (χ1) is 11.9. The Balaban J connectivity index is 1.42. The van der Waals surface area contributed by atoms with E-state index in [1.165, 1.54) is 6.33 Å². The Kier molecular flexibility index (Phi) is 3.89. The zero-order valence-corrected chi connectivity index (χ0v) is 12.8. The third kappa shape index (κ3) is 3.10. The molecule has 1 aliphatic rings. The van der Waals surface area contributed by atoms with Crippen molar-refractivity contribution in [2.45, 2.75) is 6.10 Å². The van der Waals surface area contributed by atoms with Crippen molar-refractivity contribution in [2.75, 3.05) is 18.5 Å². The second-order valence-electron chi connectivity index (χ2n) is 5.24. The van der Waals surface area contributed by atoms with Crippen LogP contribution in [0.3, 0.4) is 0 Å². The summed E-state index contributed by atoms with van der Waals surface area (Å²) in [6.45, 7) is 1.06. The Morgan fingerprint density at radius 3 is 2.71 bits per heavy atom. The lowest BCUT2D eigenvalue weighted by Crippen LogP contribution is -2.35. The predicted molar refractivity (Wildman–Crippen MR) is 87.9 cm³/mol. The topological polar surface area (TPSA) is 82.1 Å². The Morgan fingerprint density at radius 1 is 1.00 bits per heavy atom. The van der Waals surface area contributed by atoms with Gasteiger partial charge in [0.15, 0.2) is 17.3 Å². The summed E-state index contributed by atoms with van der Waals surface area (Å²) < 4.78 is 11.6. The van der Waals surface area contributed by atoms with Gasteiger partial charge in [-0.1, -0.05) is 12.1 Å². The SMILES string of the molecule is c1cnc(-c2cc(NCC3COc4ccccc4O3)ncn2)nc1. The van der Waals surface area contributed by atoms with E-state index in [2.05, 4.69) is 25.3 Å². The molecule has 3 aromatic rings. The Labute approximate surface area is 138 Å². The molecule has 3 heterocycles. The van der Waals surface area contributed by atoms with Crippen LogP contribution >= 0.6 is 0 Å². The molecule has 120 valence electrons. The van der Waals surface area contributed by atoms with Gasteiger partial charge in [0.25, 0.3) is 0 Å². The van der Waals surface area contributed by atoms with Crippen LogP contribution in [0.2, 0.25) is 0 Å². The van der Waals surface area contributed by atoms with E-state index in [-0.39, 0.29) is 6.10 Å². The number of rotatable bonds is 4. The Hall–Kier alpha value is -3.22. The van der Waals surface area contributed by atoms with Gasteiger partial charge in [-0.2, -0.15) is 0 Å². The maximum absolute atomic E-state index is 5.91. The first-order valence-corrected chi connectivity index (χ1v) is 7.60. The molecule has 0 aliphatic carbocycles. The summed E-state index contributed by atoms with van der Waals surface area (Å²) >= 11 is 0. The number of fused-ring (bicyclic) bond motifs is 1. The number of hydrogen-bond donors (Lipinski definition) is 1. The fourth-order valence-electron chi connectivity index (χ4n) is 2.39. The minimum atomic E-state index is -0.0914. The molecule has 0 saturated carbocycles. The molecule has 7 heteroatoms. The molecule has 4 rings (SSSR count). The summed E-state index contributed by atoms with van der Waals surface area (Å²) in [5.41, 5.74) is 0.666. The molecule has 2 aromatic heterocycles. The number of anilines is 1. The molecule has 0 radical (unpaired) electrons. The highest BCUT2D eigenvalue weighted by Crippen LogP contribution is 2.30. The first-order valence-electron chi connectivity index (χ1n) is 7.60. The van der Waals surface area contributed by atoms with E-state index in [4.69, 9.17) is 9.47 Å². The number of aromatic nitrogens is 4. The number of benzene rings is 1. The minimum Gasteiger partial charge on any atom is -0.486 e. The fourth-order valence-corrected chi connectivity index (χ4v) is 2.39. The maximum Gasteiger partial charge on any atom is 0.178 e. The molecular formula is C17H15N5O2. The molecule has 0 saturated heterocycles. The van der Waals surface area contributed by atoms with E-state index in [1.807, 2.05) is 30.3 Å². The molecule has 1 aromatic carbocycles. The van der Waals surface area contributed by atoms with Crippen molar-refractivity contribution in [3.8, 4) is 23.0 Å². The standard InChI is InChI=1S/C17H15N5O2/c1-2-5-15-14(4-1)23-10-12(24-15)9-20-16-8-13(21-11-22-16)17-18-6-3-7-19-17/h1-8,11-12H,9-10H2,(H,20,21,22). The van der Waals surface area contributed by atoms with Gasteiger partial charge in [0.2, 0.25) is 0 Å². The van der Waals surface area contributed by atoms with Gasteiger partial charge in [-0.15, -0.1) is 0 Å². The quantitative estimate of drug-likeness (QED) is 0.788. The first kappa shape index (κ1) is 14.4. The van der Waals surface area contributed by atoms with Crippen LogP contribution in [0.25, 0.3) is 11.5 Å². The molecule has 1 atom stereocenters. The lowest BCUT2D eigenvalue weighted by atomic mass is 10.2. The van der Waals surface area contributed by atoms with E-state index in [0.717, 1.165) is 11.5 Å². The van der Waals surface area contributed by atoms with Crippen LogP contribution in [0.1, 0.15) is 0 Å². The number of para-hydroxylation sites is 2. The third-order valence-corrected chi connectivity index (χ3v) is 3.54. The molecule has 0 fully saturated rings. The van der Waals surface area contributed by atoms with Crippen LogP contribution in [0.5, 0.6) is 11.5 Å². The van der Waals surface area contributed by atoms with Crippen molar-refractivity contribution >= 4 is 5.82 Å². The van der Waals surface area contributed by atoms with Gasteiger partial charge >= 0.3 is 0 Å². The molecule has 7 nitrogen and oxygen atoms in total. The van der Waals surface area contributed by atoms with E-state index in [1.54, 1.807) is 18.5 Å². The lowest BCUT2D eigenvalue weighted by molar-refractivity contribution is 0.0997. The third-order valence-electron chi connectivity index (χ3n) is 3.54. The van der Waals surface area contributed by atoms with Gasteiger partial charge in [0.1, 0.15) is 30.5 Å². The van der Waals surface area contributed by atoms with Crippen molar-refractivity contribution in [3.05, 3.63) is 55.1 Å². The van der Waals surface area contributed by atoms with Gasteiger partial charge in [-0.25, -0.2) is 19.9 Å². The summed E-state index contributed by atoms with van der Waals surface area (Å²) in [4.78, 5) is 16.8. The minimum absolute atomic E-state index is 0.0914. The van der Waals surface area contributed by atoms with Crippen LogP contribution in [0, 0.1) is 0 Å². The van der Waals surface area contributed by atoms with Crippen molar-refractivity contribution in [3.63, 3.8) is 0 Å². The molecule has 1 aliphatic heterocycles. The second-order valence-corrected chi connectivity index (χ2v) is 5.24. The summed E-state index contributed by atoms with van der Waals surface area (Å²) in [5.74, 6) is 2.79. The number of nitrogens with zero attached hydrogens (tertiary/aromatic N) is 4. The van der Waals surface area contributed by atoms with Gasteiger partial charge in [-0.3, -0.25) is 0 Å². The largest absolute Gasteiger partial charge is 0.486 e. The molecular weight excluding hydrogens is 306 g/mol. The monoisotopic (exact) mass is 321 g/mol. The van der Waals surface area contributed by atoms with Crippen molar-refractivity contribution in [1.82, 2.24) is 19.9 Å². The van der Waals surface area contributed by atoms with E-state index in [9.17, 15) is 0 Å². The number of nitrogens with one attached hydrogen (secondary N) is 1. The van der Waals surface area contributed by atoms with Crippen LogP contribution in [-0.4, -0.2) is 39.2 Å². The lowest BCUT2D eigenvalue weighted by Gasteiger charge is -2.26.